The van der Waals surface area contributed by atoms with Gasteiger partial charge in [-0.2, -0.15) is 0 Å². The molecule has 0 bridgehead atoms. The first-order valence-electron chi connectivity index (χ1n) is 6.59. The van der Waals surface area contributed by atoms with Gasteiger partial charge >= 0.3 is 5.97 Å². The Morgan fingerprint density at radius 2 is 2.00 bits per heavy atom. The number of rotatable bonds is 5. The Bertz CT molecular complexity index is 481. The van der Waals surface area contributed by atoms with Crippen molar-refractivity contribution in [1.29, 1.82) is 0 Å². The normalized spacial score (nSPS) is 11.3. The molecule has 5 heteroatoms. The van der Waals surface area contributed by atoms with Crippen molar-refractivity contribution in [3.05, 3.63) is 28.5 Å². The van der Waals surface area contributed by atoms with E-state index in [1.54, 1.807) is 20.8 Å². The number of carbonyl (C=O) groups is 1. The van der Waals surface area contributed by atoms with Gasteiger partial charge in [-0.25, -0.2) is 9.18 Å². The summed E-state index contributed by atoms with van der Waals surface area (Å²) in [4.78, 5) is 11.8. The summed E-state index contributed by atoms with van der Waals surface area (Å²) in [5.74, 6) is -1.20. The zero-order valence-corrected chi connectivity index (χ0v) is 13.0. The first-order valence-corrected chi connectivity index (χ1v) is 6.97. The van der Waals surface area contributed by atoms with Gasteiger partial charge in [0.15, 0.2) is 0 Å². The standard InChI is InChI=1S/C15H20ClFO3/c1-5-6-7-19-13-9-12(17)10(8-11(13)16)14(18)20-15(2,3)4/h8-9H,5-7H2,1-4H3. The number of benzene rings is 1. The number of halogens is 2. The van der Waals surface area contributed by atoms with Crippen LogP contribution in [-0.2, 0) is 4.74 Å². The molecule has 1 rings (SSSR count). The van der Waals surface area contributed by atoms with Gasteiger partial charge in [0, 0.05) is 6.07 Å². The van der Waals surface area contributed by atoms with Crippen LogP contribution in [0, 0.1) is 5.82 Å². The maximum atomic E-state index is 13.9. The minimum absolute atomic E-state index is 0.187. The van der Waals surface area contributed by atoms with E-state index in [4.69, 9.17) is 21.1 Å². The number of hydrogen-bond donors (Lipinski definition) is 0. The van der Waals surface area contributed by atoms with Crippen LogP contribution in [0.5, 0.6) is 5.75 Å². The highest BCUT2D eigenvalue weighted by Crippen LogP contribution is 2.29. The van der Waals surface area contributed by atoms with Crippen molar-refractivity contribution in [3.63, 3.8) is 0 Å². The molecule has 0 aromatic heterocycles. The predicted octanol–water partition coefficient (Wildman–Crippen LogP) is 4.61. The zero-order valence-electron chi connectivity index (χ0n) is 12.3. The molecule has 0 saturated heterocycles. The highest BCUT2D eigenvalue weighted by atomic mass is 35.5. The summed E-state index contributed by atoms with van der Waals surface area (Å²) < 4.78 is 24.4. The fraction of sp³-hybridized carbons (Fsp3) is 0.533. The summed E-state index contributed by atoms with van der Waals surface area (Å²) in [5, 5.41) is 0.198. The molecule has 0 unspecified atom stereocenters. The van der Waals surface area contributed by atoms with Gasteiger partial charge < -0.3 is 9.47 Å². The van der Waals surface area contributed by atoms with Gasteiger partial charge in [-0.3, -0.25) is 0 Å². The van der Waals surface area contributed by atoms with E-state index in [2.05, 4.69) is 0 Å². The lowest BCUT2D eigenvalue weighted by Gasteiger charge is -2.20. The van der Waals surface area contributed by atoms with Crippen LogP contribution in [0.2, 0.25) is 5.02 Å². The molecular formula is C15H20ClFO3. The molecule has 0 aliphatic carbocycles. The molecule has 0 fully saturated rings. The van der Waals surface area contributed by atoms with Gasteiger partial charge in [-0.1, -0.05) is 24.9 Å². The van der Waals surface area contributed by atoms with Gasteiger partial charge in [0.25, 0.3) is 0 Å². The average Bonchev–Trinajstić information content (AvgIpc) is 2.31. The van der Waals surface area contributed by atoms with E-state index in [1.165, 1.54) is 6.07 Å². The van der Waals surface area contributed by atoms with E-state index in [9.17, 15) is 9.18 Å². The molecular weight excluding hydrogens is 283 g/mol. The van der Waals surface area contributed by atoms with Crippen LogP contribution in [0.25, 0.3) is 0 Å². The summed E-state index contributed by atoms with van der Waals surface area (Å²) in [7, 11) is 0. The molecule has 0 aliphatic heterocycles. The van der Waals surface area contributed by atoms with Crippen molar-refractivity contribution in [2.45, 2.75) is 46.1 Å². The van der Waals surface area contributed by atoms with Crippen LogP contribution in [-0.4, -0.2) is 18.2 Å². The van der Waals surface area contributed by atoms with Crippen molar-refractivity contribution in [2.75, 3.05) is 6.61 Å². The van der Waals surface area contributed by atoms with Crippen molar-refractivity contribution in [2.24, 2.45) is 0 Å². The Hall–Kier alpha value is -1.29. The maximum Gasteiger partial charge on any atom is 0.341 e. The quantitative estimate of drug-likeness (QED) is 0.588. The highest BCUT2D eigenvalue weighted by molar-refractivity contribution is 6.32. The smallest absolute Gasteiger partial charge is 0.341 e. The second kappa shape index (κ2) is 6.93. The number of hydrogen-bond acceptors (Lipinski definition) is 3. The van der Waals surface area contributed by atoms with Crippen molar-refractivity contribution in [3.8, 4) is 5.75 Å². The van der Waals surface area contributed by atoms with E-state index in [0.29, 0.717) is 6.61 Å². The van der Waals surface area contributed by atoms with E-state index in [1.807, 2.05) is 6.92 Å². The fourth-order valence-electron chi connectivity index (χ4n) is 1.46. The van der Waals surface area contributed by atoms with Crippen LogP contribution in [0.4, 0.5) is 4.39 Å². The van der Waals surface area contributed by atoms with Gasteiger partial charge in [0.05, 0.1) is 17.2 Å². The van der Waals surface area contributed by atoms with Gasteiger partial charge in [-0.05, 0) is 33.3 Å². The Morgan fingerprint density at radius 1 is 1.35 bits per heavy atom. The monoisotopic (exact) mass is 302 g/mol. The van der Waals surface area contributed by atoms with E-state index >= 15 is 0 Å². The number of carbonyl (C=O) groups excluding carboxylic acids is 1. The summed E-state index contributed by atoms with van der Waals surface area (Å²) in [6, 6.07) is 2.36. The predicted molar refractivity (Wildman–Crippen MR) is 77.0 cm³/mol. The van der Waals surface area contributed by atoms with E-state index < -0.39 is 17.4 Å². The molecule has 0 spiro atoms. The molecule has 1 aromatic rings. The minimum atomic E-state index is -0.739. The molecule has 0 atom stereocenters. The first-order chi connectivity index (χ1) is 9.24. The van der Waals surface area contributed by atoms with Gasteiger partial charge in [-0.15, -0.1) is 0 Å². The lowest BCUT2D eigenvalue weighted by Crippen LogP contribution is -2.24. The van der Waals surface area contributed by atoms with Gasteiger partial charge in [0.1, 0.15) is 17.2 Å². The molecule has 3 nitrogen and oxygen atoms in total. The molecule has 0 radical (unpaired) electrons. The third-order valence-electron chi connectivity index (χ3n) is 2.40. The first kappa shape index (κ1) is 16.8. The van der Waals surface area contributed by atoms with E-state index in [-0.39, 0.29) is 16.3 Å². The van der Waals surface area contributed by atoms with Crippen LogP contribution in [0.15, 0.2) is 12.1 Å². The number of esters is 1. The van der Waals surface area contributed by atoms with Crippen molar-refractivity contribution in [1.82, 2.24) is 0 Å². The third-order valence-corrected chi connectivity index (χ3v) is 2.69. The maximum absolute atomic E-state index is 13.9. The fourth-order valence-corrected chi connectivity index (χ4v) is 1.67. The molecule has 0 aliphatic rings. The molecule has 1 aromatic carbocycles. The average molecular weight is 303 g/mol. The lowest BCUT2D eigenvalue weighted by molar-refractivity contribution is 0.00647. The molecule has 112 valence electrons. The topological polar surface area (TPSA) is 35.5 Å². The van der Waals surface area contributed by atoms with Crippen LogP contribution >= 0.6 is 11.6 Å². The van der Waals surface area contributed by atoms with Crippen LogP contribution in [0.3, 0.4) is 0 Å². The molecule has 0 N–H and O–H groups in total. The Labute approximate surface area is 124 Å². The van der Waals surface area contributed by atoms with Crippen LogP contribution in [0.1, 0.15) is 50.9 Å². The summed E-state index contributed by atoms with van der Waals surface area (Å²) in [6.07, 6.45) is 1.82. The molecule has 20 heavy (non-hydrogen) atoms. The zero-order chi connectivity index (χ0) is 15.3. The number of ether oxygens (including phenoxy) is 2. The third kappa shape index (κ3) is 5.00. The lowest BCUT2D eigenvalue weighted by atomic mass is 10.1. The molecule has 0 saturated carbocycles. The Morgan fingerprint density at radius 3 is 2.55 bits per heavy atom. The summed E-state index contributed by atoms with van der Waals surface area (Å²) in [5.41, 5.74) is -0.875. The molecule has 0 amide bonds. The van der Waals surface area contributed by atoms with Gasteiger partial charge in [0.2, 0.25) is 0 Å². The summed E-state index contributed by atoms with van der Waals surface area (Å²) >= 11 is 6.00. The second-order valence-corrected chi connectivity index (χ2v) is 5.87. The van der Waals surface area contributed by atoms with Crippen molar-refractivity contribution < 1.29 is 18.7 Å². The number of unbranched alkanes of at least 4 members (excludes halogenated alkanes) is 1. The van der Waals surface area contributed by atoms with E-state index in [0.717, 1.165) is 18.9 Å². The Kier molecular flexibility index (Phi) is 5.81. The van der Waals surface area contributed by atoms with Crippen molar-refractivity contribution >= 4 is 17.6 Å². The van der Waals surface area contributed by atoms with Crippen LogP contribution < -0.4 is 4.74 Å². The molecule has 0 heterocycles. The second-order valence-electron chi connectivity index (χ2n) is 5.47. The SMILES string of the molecule is CCCCOc1cc(F)c(C(=O)OC(C)(C)C)cc1Cl. The highest BCUT2D eigenvalue weighted by Gasteiger charge is 2.22. The Balaban J connectivity index is 2.90. The largest absolute Gasteiger partial charge is 0.492 e. The minimum Gasteiger partial charge on any atom is -0.492 e. The summed E-state index contributed by atoms with van der Waals surface area (Å²) in [6.45, 7) is 7.63.